The van der Waals surface area contributed by atoms with Crippen LogP contribution in [0.3, 0.4) is 0 Å². The van der Waals surface area contributed by atoms with Crippen LogP contribution in [0.4, 0.5) is 0 Å². The quantitative estimate of drug-likeness (QED) is 0.514. The second-order valence-corrected chi connectivity index (χ2v) is 8.80. The molecule has 0 radical (unpaired) electrons. The lowest BCUT2D eigenvalue weighted by Gasteiger charge is -2.26. The van der Waals surface area contributed by atoms with Gasteiger partial charge >= 0.3 is 5.97 Å². The second kappa shape index (κ2) is 9.48. The molecular formula is C26H29N3O4. The minimum Gasteiger partial charge on any atom is -0.467 e. The van der Waals surface area contributed by atoms with Crippen molar-refractivity contribution >= 4 is 28.7 Å². The number of aromatic nitrogens is 1. The van der Waals surface area contributed by atoms with Gasteiger partial charge in [0.2, 0.25) is 5.91 Å². The van der Waals surface area contributed by atoms with E-state index in [1.807, 2.05) is 68.6 Å². The molecule has 0 bridgehead atoms. The molecule has 7 heteroatoms. The third-order valence-electron chi connectivity index (χ3n) is 6.08. The normalized spacial score (nSPS) is 16.2. The fourth-order valence-corrected chi connectivity index (χ4v) is 4.57. The van der Waals surface area contributed by atoms with Crippen LogP contribution in [0, 0.1) is 5.92 Å². The van der Waals surface area contributed by atoms with Gasteiger partial charge in [-0.15, -0.1) is 0 Å². The van der Waals surface area contributed by atoms with Crippen molar-refractivity contribution in [3.8, 4) is 0 Å². The second-order valence-electron chi connectivity index (χ2n) is 8.80. The number of aromatic amines is 1. The number of ether oxygens (including phenoxy) is 1. The van der Waals surface area contributed by atoms with Gasteiger partial charge in [0.25, 0.3) is 5.91 Å². The molecule has 2 unspecified atom stereocenters. The Labute approximate surface area is 193 Å². The Morgan fingerprint density at radius 3 is 2.58 bits per heavy atom. The molecule has 33 heavy (non-hydrogen) atoms. The Bertz CT molecular complexity index is 1180. The van der Waals surface area contributed by atoms with Gasteiger partial charge in [-0.1, -0.05) is 50.2 Å². The number of para-hydroxylation sites is 1. The first kappa shape index (κ1) is 22.6. The topological polar surface area (TPSA) is 91.5 Å². The van der Waals surface area contributed by atoms with E-state index in [1.165, 1.54) is 7.11 Å². The number of hydrogen-bond donors (Lipinski definition) is 2. The number of hydrogen-bond acceptors (Lipinski definition) is 4. The maximum atomic E-state index is 13.3. The van der Waals surface area contributed by atoms with Crippen molar-refractivity contribution in [3.05, 3.63) is 71.4 Å². The molecule has 2 N–H and O–H groups in total. The number of amides is 2. The Kier molecular flexibility index (Phi) is 6.49. The molecule has 3 aromatic rings. The zero-order valence-electron chi connectivity index (χ0n) is 19.1. The van der Waals surface area contributed by atoms with Crippen LogP contribution in [0.2, 0.25) is 0 Å². The number of benzene rings is 2. The highest BCUT2D eigenvalue weighted by Gasteiger charge is 2.38. The van der Waals surface area contributed by atoms with Crippen molar-refractivity contribution in [1.82, 2.24) is 15.2 Å². The number of nitrogens with zero attached hydrogens (tertiary/aromatic N) is 1. The zero-order valence-corrected chi connectivity index (χ0v) is 19.1. The molecule has 2 amide bonds. The number of H-pyrrole nitrogens is 1. The SMILES string of the molecule is COC(=O)C(CC(C)C)NC(=O)CCN1C(=O)c2ccccc2C1c1c[nH]c2ccccc12. The summed E-state index contributed by atoms with van der Waals surface area (Å²) in [6.45, 7) is 4.20. The highest BCUT2D eigenvalue weighted by Crippen LogP contribution is 2.41. The predicted molar refractivity (Wildman–Crippen MR) is 126 cm³/mol. The summed E-state index contributed by atoms with van der Waals surface area (Å²) in [6, 6.07) is 14.6. The Hall–Kier alpha value is -3.61. The minimum atomic E-state index is -0.696. The van der Waals surface area contributed by atoms with E-state index in [-0.39, 0.29) is 36.7 Å². The number of esters is 1. The van der Waals surface area contributed by atoms with Crippen LogP contribution in [0.25, 0.3) is 10.9 Å². The number of rotatable bonds is 8. The van der Waals surface area contributed by atoms with Crippen molar-refractivity contribution in [2.75, 3.05) is 13.7 Å². The van der Waals surface area contributed by atoms with Crippen LogP contribution in [0.15, 0.2) is 54.7 Å². The van der Waals surface area contributed by atoms with Gasteiger partial charge in [0.15, 0.2) is 0 Å². The van der Waals surface area contributed by atoms with Gasteiger partial charge in [-0.05, 0) is 30.0 Å². The molecule has 2 heterocycles. The number of carbonyl (C=O) groups excluding carboxylic acids is 3. The molecule has 0 aliphatic carbocycles. The van der Waals surface area contributed by atoms with Gasteiger partial charge in [-0.25, -0.2) is 4.79 Å². The van der Waals surface area contributed by atoms with Crippen LogP contribution < -0.4 is 5.32 Å². The van der Waals surface area contributed by atoms with E-state index in [0.29, 0.717) is 12.0 Å². The van der Waals surface area contributed by atoms with Crippen LogP contribution >= 0.6 is 0 Å². The van der Waals surface area contributed by atoms with Crippen LogP contribution in [0.1, 0.15) is 54.2 Å². The standard InChI is InChI=1S/C26H29N3O4/c1-16(2)14-22(26(32)33-3)28-23(30)12-13-29-24(18-9-4-5-10-19(18)25(29)31)20-15-27-21-11-7-6-8-17(20)21/h4-11,15-16,22,24,27H,12-14H2,1-3H3,(H,28,30). The van der Waals surface area contributed by atoms with Crippen molar-refractivity contribution in [2.45, 2.75) is 38.8 Å². The lowest BCUT2D eigenvalue weighted by molar-refractivity contribution is -0.145. The summed E-state index contributed by atoms with van der Waals surface area (Å²) >= 11 is 0. The van der Waals surface area contributed by atoms with Gasteiger partial charge in [0, 0.05) is 41.2 Å². The predicted octanol–water partition coefficient (Wildman–Crippen LogP) is 3.81. The fourth-order valence-electron chi connectivity index (χ4n) is 4.57. The van der Waals surface area contributed by atoms with Crippen LogP contribution in [0.5, 0.6) is 0 Å². The Morgan fingerprint density at radius 1 is 1.09 bits per heavy atom. The minimum absolute atomic E-state index is 0.0875. The van der Waals surface area contributed by atoms with Gasteiger partial charge in [0.1, 0.15) is 6.04 Å². The molecule has 7 nitrogen and oxygen atoms in total. The highest BCUT2D eigenvalue weighted by atomic mass is 16.5. The molecule has 0 fully saturated rings. The molecule has 172 valence electrons. The third kappa shape index (κ3) is 4.49. The molecular weight excluding hydrogens is 418 g/mol. The molecule has 0 saturated carbocycles. The molecule has 1 aliphatic rings. The average molecular weight is 448 g/mol. The first-order valence-electron chi connectivity index (χ1n) is 11.2. The highest BCUT2D eigenvalue weighted by molar-refractivity contribution is 6.01. The molecule has 1 aromatic heterocycles. The van der Waals surface area contributed by atoms with E-state index in [0.717, 1.165) is 22.0 Å². The van der Waals surface area contributed by atoms with Crippen LogP contribution in [-0.2, 0) is 14.3 Å². The molecule has 2 aromatic carbocycles. The first-order chi connectivity index (χ1) is 15.9. The monoisotopic (exact) mass is 447 g/mol. The van der Waals surface area contributed by atoms with E-state index in [4.69, 9.17) is 4.74 Å². The largest absolute Gasteiger partial charge is 0.467 e. The van der Waals surface area contributed by atoms with Gasteiger partial charge in [-0.2, -0.15) is 0 Å². The molecule has 2 atom stereocenters. The number of nitrogens with one attached hydrogen (secondary N) is 2. The van der Waals surface area contributed by atoms with Crippen LogP contribution in [-0.4, -0.2) is 47.4 Å². The van der Waals surface area contributed by atoms with Crippen molar-refractivity contribution in [3.63, 3.8) is 0 Å². The molecule has 4 rings (SSSR count). The van der Waals surface area contributed by atoms with Crippen molar-refractivity contribution < 1.29 is 19.1 Å². The summed E-state index contributed by atoms with van der Waals surface area (Å²) in [6.07, 6.45) is 2.52. The number of methoxy groups -OCH3 is 1. The summed E-state index contributed by atoms with van der Waals surface area (Å²) in [4.78, 5) is 43.1. The summed E-state index contributed by atoms with van der Waals surface area (Å²) in [7, 11) is 1.31. The first-order valence-corrected chi connectivity index (χ1v) is 11.2. The van der Waals surface area contributed by atoms with E-state index in [9.17, 15) is 14.4 Å². The maximum absolute atomic E-state index is 13.3. The van der Waals surface area contributed by atoms with Crippen molar-refractivity contribution in [2.24, 2.45) is 5.92 Å². The lowest BCUT2D eigenvalue weighted by atomic mass is 9.97. The summed E-state index contributed by atoms with van der Waals surface area (Å²) in [5.41, 5.74) is 3.58. The van der Waals surface area contributed by atoms with Gasteiger partial charge in [-0.3, -0.25) is 9.59 Å². The smallest absolute Gasteiger partial charge is 0.328 e. The summed E-state index contributed by atoms with van der Waals surface area (Å²) in [5.74, 6) is -0.624. The summed E-state index contributed by atoms with van der Waals surface area (Å²) < 4.78 is 4.84. The van der Waals surface area contributed by atoms with Crippen molar-refractivity contribution in [1.29, 1.82) is 0 Å². The number of carbonyl (C=O) groups is 3. The third-order valence-corrected chi connectivity index (χ3v) is 6.08. The lowest BCUT2D eigenvalue weighted by Crippen LogP contribution is -2.43. The fraction of sp³-hybridized carbons (Fsp3) is 0.346. The molecule has 0 spiro atoms. The Balaban J connectivity index is 1.56. The number of fused-ring (bicyclic) bond motifs is 2. The van der Waals surface area contributed by atoms with E-state index in [1.54, 1.807) is 4.90 Å². The van der Waals surface area contributed by atoms with Gasteiger partial charge in [0.05, 0.1) is 13.2 Å². The maximum Gasteiger partial charge on any atom is 0.328 e. The van der Waals surface area contributed by atoms with E-state index in [2.05, 4.69) is 10.3 Å². The molecule has 0 saturated heterocycles. The van der Waals surface area contributed by atoms with E-state index >= 15 is 0 Å². The Morgan fingerprint density at radius 2 is 1.82 bits per heavy atom. The van der Waals surface area contributed by atoms with Gasteiger partial charge < -0.3 is 19.9 Å². The van der Waals surface area contributed by atoms with E-state index < -0.39 is 12.0 Å². The average Bonchev–Trinajstić information content (AvgIpc) is 3.35. The summed E-state index contributed by atoms with van der Waals surface area (Å²) in [5, 5.41) is 3.83. The molecule has 1 aliphatic heterocycles. The zero-order chi connectivity index (χ0) is 23.5.